The van der Waals surface area contributed by atoms with Crippen molar-refractivity contribution < 1.29 is 9.13 Å². The first-order valence-electron chi connectivity index (χ1n) is 6.62. The van der Waals surface area contributed by atoms with Crippen molar-refractivity contribution in [2.45, 2.75) is 25.2 Å². The number of nitrogens with one attached hydrogen (secondary N) is 1. The first kappa shape index (κ1) is 13.5. The number of hydrogen-bond acceptors (Lipinski definition) is 2. The van der Waals surface area contributed by atoms with Crippen LogP contribution in [0.25, 0.3) is 0 Å². The Morgan fingerprint density at radius 2 is 2.11 bits per heavy atom. The third kappa shape index (κ3) is 2.73. The van der Waals surface area contributed by atoms with Gasteiger partial charge in [0.15, 0.2) is 0 Å². The van der Waals surface area contributed by atoms with Crippen LogP contribution in [0.4, 0.5) is 4.39 Å². The smallest absolute Gasteiger partial charge is 0.127 e. The Bertz CT molecular complexity index is 388. The molecule has 1 fully saturated rings. The second-order valence-corrected chi connectivity index (χ2v) is 5.44. The van der Waals surface area contributed by atoms with E-state index in [1.165, 1.54) is 0 Å². The third-order valence-corrected chi connectivity index (χ3v) is 3.87. The van der Waals surface area contributed by atoms with E-state index in [1.54, 1.807) is 19.2 Å². The second kappa shape index (κ2) is 5.81. The van der Waals surface area contributed by atoms with E-state index in [2.05, 4.69) is 12.2 Å². The van der Waals surface area contributed by atoms with Crippen LogP contribution in [0.15, 0.2) is 24.3 Å². The number of benzene rings is 1. The van der Waals surface area contributed by atoms with E-state index in [9.17, 15) is 4.39 Å². The van der Waals surface area contributed by atoms with Crippen molar-refractivity contribution in [3.8, 4) is 0 Å². The molecule has 0 bridgehead atoms. The molecule has 1 aromatic carbocycles. The maximum Gasteiger partial charge on any atom is 0.127 e. The largest absolute Gasteiger partial charge is 0.383 e. The van der Waals surface area contributed by atoms with Crippen molar-refractivity contribution >= 4 is 0 Å². The van der Waals surface area contributed by atoms with Gasteiger partial charge in [-0.05, 0) is 30.4 Å². The van der Waals surface area contributed by atoms with Crippen LogP contribution in [-0.4, -0.2) is 26.8 Å². The van der Waals surface area contributed by atoms with Gasteiger partial charge in [0.25, 0.3) is 0 Å². The van der Waals surface area contributed by atoms with E-state index in [4.69, 9.17) is 4.74 Å². The summed E-state index contributed by atoms with van der Waals surface area (Å²) in [5.74, 6) is 0.617. The molecule has 0 atom stereocenters. The zero-order valence-electron chi connectivity index (χ0n) is 11.2. The van der Waals surface area contributed by atoms with Crippen LogP contribution in [0.1, 0.15) is 25.3 Å². The summed E-state index contributed by atoms with van der Waals surface area (Å²) in [5.41, 5.74) is 0.853. The predicted octanol–water partition coefficient (Wildman–Crippen LogP) is 2.73. The highest BCUT2D eigenvalue weighted by Crippen LogP contribution is 2.47. The first-order chi connectivity index (χ1) is 8.68. The molecule has 1 N–H and O–H groups in total. The average molecular weight is 251 g/mol. The van der Waals surface area contributed by atoms with Crippen molar-refractivity contribution in [3.05, 3.63) is 35.6 Å². The van der Waals surface area contributed by atoms with Crippen molar-refractivity contribution in [2.24, 2.45) is 5.92 Å². The Labute approximate surface area is 109 Å². The van der Waals surface area contributed by atoms with Crippen molar-refractivity contribution in [2.75, 3.05) is 26.8 Å². The van der Waals surface area contributed by atoms with Crippen molar-refractivity contribution in [1.29, 1.82) is 0 Å². The van der Waals surface area contributed by atoms with Gasteiger partial charge in [0.1, 0.15) is 5.82 Å². The Morgan fingerprint density at radius 3 is 2.72 bits per heavy atom. The molecule has 1 aromatic rings. The van der Waals surface area contributed by atoms with Gasteiger partial charge in [0.05, 0.1) is 6.61 Å². The molecule has 18 heavy (non-hydrogen) atoms. The third-order valence-electron chi connectivity index (χ3n) is 3.87. The van der Waals surface area contributed by atoms with Crippen molar-refractivity contribution in [1.82, 2.24) is 5.32 Å². The van der Waals surface area contributed by atoms with Gasteiger partial charge in [-0.3, -0.25) is 0 Å². The van der Waals surface area contributed by atoms with Gasteiger partial charge in [0.2, 0.25) is 0 Å². The van der Waals surface area contributed by atoms with Crippen molar-refractivity contribution in [3.63, 3.8) is 0 Å². The maximum atomic E-state index is 14.0. The summed E-state index contributed by atoms with van der Waals surface area (Å²) >= 11 is 0. The number of ether oxygens (including phenoxy) is 1. The van der Waals surface area contributed by atoms with E-state index in [0.717, 1.165) is 31.5 Å². The van der Waals surface area contributed by atoms with Gasteiger partial charge >= 0.3 is 0 Å². The van der Waals surface area contributed by atoms with Crippen LogP contribution >= 0.6 is 0 Å². The molecule has 0 amide bonds. The predicted molar refractivity (Wildman–Crippen MR) is 71.2 cm³/mol. The van der Waals surface area contributed by atoms with Crippen LogP contribution in [0.5, 0.6) is 0 Å². The second-order valence-electron chi connectivity index (χ2n) is 5.44. The summed E-state index contributed by atoms with van der Waals surface area (Å²) in [4.78, 5) is 0. The molecular formula is C15H22FNO. The van der Waals surface area contributed by atoms with Gasteiger partial charge in [-0.1, -0.05) is 25.1 Å². The normalized spacial score (nSPS) is 26.9. The highest BCUT2D eigenvalue weighted by atomic mass is 19.1. The zero-order chi connectivity index (χ0) is 13.0. The van der Waals surface area contributed by atoms with Gasteiger partial charge in [-0.15, -0.1) is 0 Å². The fraction of sp³-hybridized carbons (Fsp3) is 0.600. The summed E-state index contributed by atoms with van der Waals surface area (Å²) in [7, 11) is 1.69. The summed E-state index contributed by atoms with van der Waals surface area (Å²) in [6.45, 7) is 4.58. The highest BCUT2D eigenvalue weighted by Gasteiger charge is 2.44. The average Bonchev–Trinajstić information content (AvgIpc) is 2.32. The van der Waals surface area contributed by atoms with Gasteiger partial charge in [-0.25, -0.2) is 4.39 Å². The van der Waals surface area contributed by atoms with E-state index in [-0.39, 0.29) is 11.2 Å². The van der Waals surface area contributed by atoms with Crippen LogP contribution < -0.4 is 5.32 Å². The first-order valence-corrected chi connectivity index (χ1v) is 6.62. The van der Waals surface area contributed by atoms with Crippen LogP contribution in [-0.2, 0) is 10.2 Å². The zero-order valence-corrected chi connectivity index (χ0v) is 11.2. The lowest BCUT2D eigenvalue weighted by Gasteiger charge is -2.47. The molecule has 1 saturated carbocycles. The molecular weight excluding hydrogens is 229 g/mol. The lowest BCUT2D eigenvalue weighted by molar-refractivity contribution is 0.140. The molecule has 0 radical (unpaired) electrons. The molecule has 3 heteroatoms. The summed E-state index contributed by atoms with van der Waals surface area (Å²) in [6, 6.07) is 7.18. The fourth-order valence-corrected chi connectivity index (χ4v) is 3.13. The Balaban J connectivity index is 2.06. The van der Waals surface area contributed by atoms with E-state index < -0.39 is 0 Å². The summed E-state index contributed by atoms with van der Waals surface area (Å²) in [5, 5.41) is 3.38. The van der Waals surface area contributed by atoms with E-state index >= 15 is 0 Å². The number of methoxy groups -OCH3 is 1. The topological polar surface area (TPSA) is 21.3 Å². The molecule has 0 saturated heterocycles. The fourth-order valence-electron chi connectivity index (χ4n) is 3.13. The SMILES string of the molecule is COCCNCC1(c2ccccc2F)CC(C)C1. The van der Waals surface area contributed by atoms with E-state index in [0.29, 0.717) is 12.5 Å². The minimum absolute atomic E-state index is 0.0154. The number of halogens is 1. The molecule has 0 heterocycles. The number of hydrogen-bond donors (Lipinski definition) is 1. The standard InChI is InChI=1S/C15H22FNO/c1-12-9-15(10-12,11-17-7-8-18-2)13-5-3-4-6-14(13)16/h3-6,12,17H,7-11H2,1-2H3. The Kier molecular flexibility index (Phi) is 4.36. The molecule has 0 unspecified atom stereocenters. The minimum Gasteiger partial charge on any atom is -0.383 e. The van der Waals surface area contributed by atoms with E-state index in [1.807, 2.05) is 12.1 Å². The lowest BCUT2D eigenvalue weighted by atomic mass is 9.59. The number of rotatable bonds is 6. The molecule has 2 rings (SSSR count). The van der Waals surface area contributed by atoms with Gasteiger partial charge in [0, 0.05) is 25.6 Å². The molecule has 100 valence electrons. The molecule has 2 nitrogen and oxygen atoms in total. The molecule has 0 aromatic heterocycles. The molecule has 1 aliphatic carbocycles. The van der Waals surface area contributed by atoms with Gasteiger partial charge in [-0.2, -0.15) is 0 Å². The van der Waals surface area contributed by atoms with Gasteiger partial charge < -0.3 is 10.1 Å². The lowest BCUT2D eigenvalue weighted by Crippen LogP contribution is -2.48. The summed E-state index contributed by atoms with van der Waals surface area (Å²) < 4.78 is 19.0. The minimum atomic E-state index is -0.0714. The maximum absolute atomic E-state index is 14.0. The molecule has 0 spiro atoms. The summed E-state index contributed by atoms with van der Waals surface area (Å²) in [6.07, 6.45) is 2.13. The Hall–Kier alpha value is -0.930. The van der Waals surface area contributed by atoms with Crippen LogP contribution in [0, 0.1) is 11.7 Å². The molecule has 1 aliphatic rings. The quantitative estimate of drug-likeness (QED) is 0.785. The van der Waals surface area contributed by atoms with Crippen LogP contribution in [0.3, 0.4) is 0 Å². The van der Waals surface area contributed by atoms with Crippen LogP contribution in [0.2, 0.25) is 0 Å². The Morgan fingerprint density at radius 1 is 1.39 bits per heavy atom. The molecule has 0 aliphatic heterocycles. The highest BCUT2D eigenvalue weighted by molar-refractivity contribution is 5.30. The monoisotopic (exact) mass is 251 g/mol.